The van der Waals surface area contributed by atoms with E-state index >= 15 is 0 Å². The van der Waals surface area contributed by atoms with E-state index in [0.29, 0.717) is 23.5 Å². The van der Waals surface area contributed by atoms with Gasteiger partial charge in [-0.25, -0.2) is 8.42 Å². The number of halogens is 1. The first kappa shape index (κ1) is 14.1. The summed E-state index contributed by atoms with van der Waals surface area (Å²) >= 11 is 0. The minimum atomic E-state index is -3.70. The number of hydrogen-bond acceptors (Lipinski definition) is 3. The molecule has 0 radical (unpaired) electrons. The number of rotatable bonds is 4. The lowest BCUT2D eigenvalue weighted by Crippen LogP contribution is -2.01. The maximum absolute atomic E-state index is 11.4. The molecule has 1 aromatic carbocycles. The molecule has 0 saturated heterocycles. The Kier molecular flexibility index (Phi) is 4.60. The molecular formula is C12H15ClO3S. The third kappa shape index (κ3) is 3.75. The van der Waals surface area contributed by atoms with Crippen molar-refractivity contribution in [1.82, 2.24) is 0 Å². The van der Waals surface area contributed by atoms with Crippen molar-refractivity contribution in [1.29, 1.82) is 0 Å². The molecule has 0 unspecified atom stereocenters. The lowest BCUT2D eigenvalue weighted by Gasteiger charge is -2.10. The van der Waals surface area contributed by atoms with Gasteiger partial charge in [-0.05, 0) is 44.0 Å². The molecule has 0 spiro atoms. The number of ether oxygens (including phenoxy) is 1. The second-order valence-corrected chi connectivity index (χ2v) is 6.21. The Bertz CT molecular complexity index is 510. The van der Waals surface area contributed by atoms with Crippen molar-refractivity contribution in [2.75, 3.05) is 6.61 Å². The minimum Gasteiger partial charge on any atom is -0.490 e. The Labute approximate surface area is 106 Å². The van der Waals surface area contributed by atoms with Gasteiger partial charge in [-0.3, -0.25) is 0 Å². The fraction of sp³-hybridized carbons (Fsp3) is 0.333. The largest absolute Gasteiger partial charge is 0.490 e. The fourth-order valence-corrected chi connectivity index (χ4v) is 3.24. The third-order valence-electron chi connectivity index (χ3n) is 2.26. The van der Waals surface area contributed by atoms with Gasteiger partial charge in [-0.1, -0.05) is 12.2 Å². The predicted octanol–water partition coefficient (Wildman–Crippen LogP) is 3.19. The third-order valence-corrected chi connectivity index (χ3v) is 3.85. The first-order valence-corrected chi connectivity index (χ1v) is 7.47. The summed E-state index contributed by atoms with van der Waals surface area (Å²) in [5.74, 6) is 0.641. The van der Waals surface area contributed by atoms with Crippen molar-refractivity contribution in [2.24, 2.45) is 0 Å². The standard InChI is InChI=1S/C12H15ClO3S/c1-4-5-6-16-11-7-9(2)12(10(3)8-11)17(13,14)15/h4-5,7-8H,6H2,1-3H3/b5-4+. The Morgan fingerprint density at radius 1 is 1.29 bits per heavy atom. The summed E-state index contributed by atoms with van der Waals surface area (Å²) in [6.07, 6.45) is 3.76. The summed E-state index contributed by atoms with van der Waals surface area (Å²) in [4.78, 5) is 0.164. The Balaban J connectivity index is 3.10. The fourth-order valence-electron chi connectivity index (χ4n) is 1.62. The summed E-state index contributed by atoms with van der Waals surface area (Å²) in [7, 11) is 1.67. The van der Waals surface area contributed by atoms with Crippen molar-refractivity contribution in [2.45, 2.75) is 25.7 Å². The number of benzene rings is 1. The molecule has 0 heterocycles. The minimum absolute atomic E-state index is 0.164. The van der Waals surface area contributed by atoms with E-state index in [1.54, 1.807) is 26.0 Å². The van der Waals surface area contributed by atoms with E-state index in [1.807, 2.05) is 19.1 Å². The van der Waals surface area contributed by atoms with Crippen LogP contribution in [0.5, 0.6) is 5.75 Å². The van der Waals surface area contributed by atoms with Crippen molar-refractivity contribution in [3.8, 4) is 5.75 Å². The van der Waals surface area contributed by atoms with Gasteiger partial charge in [0.1, 0.15) is 12.4 Å². The van der Waals surface area contributed by atoms with Gasteiger partial charge in [0.25, 0.3) is 9.05 Å². The molecule has 3 nitrogen and oxygen atoms in total. The molecule has 0 fully saturated rings. The summed E-state index contributed by atoms with van der Waals surface area (Å²) in [6.45, 7) is 5.76. The topological polar surface area (TPSA) is 43.4 Å². The molecule has 0 bridgehead atoms. The van der Waals surface area contributed by atoms with E-state index in [2.05, 4.69) is 0 Å². The van der Waals surface area contributed by atoms with Gasteiger partial charge in [-0.15, -0.1) is 0 Å². The number of hydrogen-bond donors (Lipinski definition) is 0. The zero-order chi connectivity index (χ0) is 13.1. The van der Waals surface area contributed by atoms with Gasteiger partial charge in [0.15, 0.2) is 0 Å². The molecular weight excluding hydrogens is 260 g/mol. The van der Waals surface area contributed by atoms with E-state index in [0.717, 1.165) is 0 Å². The first-order chi connectivity index (χ1) is 7.86. The van der Waals surface area contributed by atoms with Crippen LogP contribution in [0.25, 0.3) is 0 Å². The van der Waals surface area contributed by atoms with Crippen LogP contribution in [0.4, 0.5) is 0 Å². The van der Waals surface area contributed by atoms with Gasteiger partial charge in [0.2, 0.25) is 0 Å². The molecule has 1 aromatic rings. The van der Waals surface area contributed by atoms with E-state index in [9.17, 15) is 8.42 Å². The smallest absolute Gasteiger partial charge is 0.261 e. The highest BCUT2D eigenvalue weighted by Crippen LogP contribution is 2.28. The van der Waals surface area contributed by atoms with Crippen LogP contribution in [0.15, 0.2) is 29.2 Å². The van der Waals surface area contributed by atoms with Crippen LogP contribution in [0.3, 0.4) is 0 Å². The van der Waals surface area contributed by atoms with Crippen LogP contribution in [-0.2, 0) is 9.05 Å². The quantitative estimate of drug-likeness (QED) is 0.626. The van der Waals surface area contributed by atoms with Crippen molar-refractivity contribution in [3.63, 3.8) is 0 Å². The Hall–Kier alpha value is -1.00. The van der Waals surface area contributed by atoms with E-state index in [1.165, 1.54) is 0 Å². The van der Waals surface area contributed by atoms with Crippen LogP contribution in [-0.4, -0.2) is 15.0 Å². The second kappa shape index (κ2) is 5.56. The molecule has 17 heavy (non-hydrogen) atoms. The van der Waals surface area contributed by atoms with Crippen LogP contribution in [0.1, 0.15) is 18.1 Å². The molecule has 1 rings (SSSR count). The van der Waals surface area contributed by atoms with E-state index in [4.69, 9.17) is 15.4 Å². The average Bonchev–Trinajstić information content (AvgIpc) is 2.14. The van der Waals surface area contributed by atoms with Crippen LogP contribution >= 0.6 is 10.7 Å². The van der Waals surface area contributed by atoms with Gasteiger partial charge in [0, 0.05) is 10.7 Å². The van der Waals surface area contributed by atoms with Gasteiger partial charge in [0.05, 0.1) is 4.90 Å². The Morgan fingerprint density at radius 3 is 2.24 bits per heavy atom. The zero-order valence-corrected chi connectivity index (χ0v) is 11.6. The van der Waals surface area contributed by atoms with Crippen molar-refractivity contribution >= 4 is 19.7 Å². The van der Waals surface area contributed by atoms with Crippen LogP contribution < -0.4 is 4.74 Å². The molecule has 5 heteroatoms. The molecule has 0 N–H and O–H groups in total. The second-order valence-electron chi connectivity index (χ2n) is 3.70. The lowest BCUT2D eigenvalue weighted by molar-refractivity contribution is 0.362. The normalized spacial score (nSPS) is 12.0. The summed E-state index contributed by atoms with van der Waals surface area (Å²) in [5, 5.41) is 0. The van der Waals surface area contributed by atoms with E-state index < -0.39 is 9.05 Å². The van der Waals surface area contributed by atoms with Gasteiger partial charge >= 0.3 is 0 Å². The lowest BCUT2D eigenvalue weighted by atomic mass is 10.1. The monoisotopic (exact) mass is 274 g/mol. The van der Waals surface area contributed by atoms with Crippen LogP contribution in [0.2, 0.25) is 0 Å². The Morgan fingerprint density at radius 2 is 1.82 bits per heavy atom. The summed E-state index contributed by atoms with van der Waals surface area (Å²) in [6, 6.07) is 3.34. The highest BCUT2D eigenvalue weighted by Gasteiger charge is 2.17. The summed E-state index contributed by atoms with van der Waals surface area (Å²) in [5.41, 5.74) is 1.19. The van der Waals surface area contributed by atoms with Gasteiger partial charge in [-0.2, -0.15) is 0 Å². The van der Waals surface area contributed by atoms with Crippen LogP contribution in [0, 0.1) is 13.8 Å². The first-order valence-electron chi connectivity index (χ1n) is 5.16. The highest BCUT2D eigenvalue weighted by atomic mass is 35.7. The molecule has 0 aliphatic carbocycles. The summed E-state index contributed by atoms with van der Waals surface area (Å²) < 4.78 is 28.2. The maximum atomic E-state index is 11.4. The SMILES string of the molecule is C/C=C/COc1cc(C)c(S(=O)(=O)Cl)c(C)c1. The average molecular weight is 275 g/mol. The molecule has 0 aliphatic rings. The van der Waals surface area contributed by atoms with E-state index in [-0.39, 0.29) is 4.90 Å². The molecule has 0 saturated carbocycles. The van der Waals surface area contributed by atoms with Crippen molar-refractivity contribution in [3.05, 3.63) is 35.4 Å². The number of allylic oxidation sites excluding steroid dienone is 1. The molecule has 0 aliphatic heterocycles. The molecule has 0 atom stereocenters. The highest BCUT2D eigenvalue weighted by molar-refractivity contribution is 8.13. The molecule has 94 valence electrons. The zero-order valence-electron chi connectivity index (χ0n) is 10.0. The molecule has 0 amide bonds. The molecule has 0 aromatic heterocycles. The predicted molar refractivity (Wildman–Crippen MR) is 69.3 cm³/mol. The maximum Gasteiger partial charge on any atom is 0.261 e. The number of aryl methyl sites for hydroxylation is 2. The van der Waals surface area contributed by atoms with Gasteiger partial charge < -0.3 is 4.74 Å². The van der Waals surface area contributed by atoms with Crippen molar-refractivity contribution < 1.29 is 13.2 Å².